The lowest BCUT2D eigenvalue weighted by Gasteiger charge is -2.32. The quantitative estimate of drug-likeness (QED) is 0.696. The van der Waals surface area contributed by atoms with Crippen LogP contribution in [-0.2, 0) is 4.74 Å². The van der Waals surface area contributed by atoms with Crippen LogP contribution in [0.5, 0.6) is 11.5 Å². The summed E-state index contributed by atoms with van der Waals surface area (Å²) in [7, 11) is 0. The summed E-state index contributed by atoms with van der Waals surface area (Å²) in [6, 6.07) is 3.80. The van der Waals surface area contributed by atoms with Crippen molar-refractivity contribution in [3.05, 3.63) is 42.1 Å². The maximum Gasteiger partial charge on any atom is 0.404 e. The fourth-order valence-corrected chi connectivity index (χ4v) is 3.74. The number of anilines is 1. The van der Waals surface area contributed by atoms with Gasteiger partial charge in [-0.2, -0.15) is 0 Å². The number of amides is 2. The van der Waals surface area contributed by atoms with Gasteiger partial charge in [0.25, 0.3) is 5.91 Å². The van der Waals surface area contributed by atoms with E-state index < -0.39 is 11.9 Å². The summed E-state index contributed by atoms with van der Waals surface area (Å²) in [5.74, 6) is 0.256. The van der Waals surface area contributed by atoms with E-state index in [0.717, 1.165) is 0 Å². The number of primary amides is 1. The average Bonchev–Trinajstić information content (AvgIpc) is 2.76. The highest BCUT2D eigenvalue weighted by Gasteiger charge is 2.26. The predicted molar refractivity (Wildman–Crippen MR) is 116 cm³/mol. The first-order valence-electron chi connectivity index (χ1n) is 10.6. The van der Waals surface area contributed by atoms with Crippen LogP contribution in [0.4, 0.5) is 15.0 Å². The predicted octanol–water partition coefficient (Wildman–Crippen LogP) is 3.34. The Balaban J connectivity index is 1.85. The van der Waals surface area contributed by atoms with Gasteiger partial charge in [0, 0.05) is 38.5 Å². The first kappa shape index (κ1) is 23.2. The Labute approximate surface area is 186 Å². The summed E-state index contributed by atoms with van der Waals surface area (Å²) in [5, 5.41) is 0. The molecular formula is C22H28FN5O4. The van der Waals surface area contributed by atoms with Crippen molar-refractivity contribution >= 4 is 17.8 Å². The number of carbonyl (C=O) groups is 2. The summed E-state index contributed by atoms with van der Waals surface area (Å²) < 4.78 is 25.1. The second-order valence-electron chi connectivity index (χ2n) is 7.76. The van der Waals surface area contributed by atoms with Crippen molar-refractivity contribution in [1.82, 2.24) is 14.9 Å². The van der Waals surface area contributed by atoms with Crippen LogP contribution >= 0.6 is 0 Å². The highest BCUT2D eigenvalue weighted by molar-refractivity contribution is 5.97. The summed E-state index contributed by atoms with van der Waals surface area (Å²) in [6.07, 6.45) is 3.06. The van der Waals surface area contributed by atoms with Gasteiger partial charge in [0.1, 0.15) is 24.0 Å². The number of hydrogen-bond acceptors (Lipinski definition) is 7. The van der Waals surface area contributed by atoms with Crippen molar-refractivity contribution in [2.45, 2.75) is 45.8 Å². The van der Waals surface area contributed by atoms with Gasteiger partial charge in [-0.05, 0) is 39.0 Å². The lowest BCUT2D eigenvalue weighted by Crippen LogP contribution is -2.39. The van der Waals surface area contributed by atoms with Crippen molar-refractivity contribution in [2.75, 3.05) is 24.5 Å². The molecule has 2 amide bonds. The lowest BCUT2D eigenvalue weighted by molar-refractivity contribution is 0.0713. The molecule has 1 fully saturated rings. The SMILES string of the molecule is CCN(C(=O)c1cc(F)ccc1Oc1cncnc1N1CCC(OC(N)=O)CC1)C(C)C. The molecule has 0 atom stereocenters. The van der Waals surface area contributed by atoms with Gasteiger partial charge in [-0.15, -0.1) is 0 Å². The Bertz CT molecular complexity index is 963. The van der Waals surface area contributed by atoms with Gasteiger partial charge in [-0.3, -0.25) is 4.79 Å². The fraction of sp³-hybridized carbons (Fsp3) is 0.455. The summed E-state index contributed by atoms with van der Waals surface area (Å²) >= 11 is 0. The number of nitrogens with two attached hydrogens (primary N) is 1. The molecule has 0 radical (unpaired) electrons. The van der Waals surface area contributed by atoms with Gasteiger partial charge >= 0.3 is 6.09 Å². The standard InChI is InChI=1S/C22H28FN5O4/c1-4-28(14(2)3)21(29)17-11-15(23)5-6-18(17)32-19-12-25-13-26-20(19)27-9-7-16(8-10-27)31-22(24)30/h5-6,11-14,16H,4,7-10H2,1-3H3,(H2,24,30). The number of benzene rings is 1. The third-order valence-electron chi connectivity index (χ3n) is 5.30. The summed E-state index contributed by atoms with van der Waals surface area (Å²) in [6.45, 7) is 7.28. The van der Waals surface area contributed by atoms with E-state index in [4.69, 9.17) is 15.2 Å². The molecule has 32 heavy (non-hydrogen) atoms. The minimum absolute atomic E-state index is 0.0526. The molecule has 0 aliphatic carbocycles. The number of piperidine rings is 1. The van der Waals surface area contributed by atoms with E-state index in [-0.39, 0.29) is 29.4 Å². The summed E-state index contributed by atoms with van der Waals surface area (Å²) in [5.41, 5.74) is 5.23. The average molecular weight is 445 g/mol. The van der Waals surface area contributed by atoms with Gasteiger partial charge in [-0.25, -0.2) is 19.2 Å². The second kappa shape index (κ2) is 10.3. The van der Waals surface area contributed by atoms with Crippen molar-refractivity contribution in [2.24, 2.45) is 5.73 Å². The van der Waals surface area contributed by atoms with E-state index in [1.54, 1.807) is 4.90 Å². The molecule has 1 aromatic carbocycles. The number of ether oxygens (including phenoxy) is 2. The molecule has 2 heterocycles. The molecule has 2 aromatic rings. The van der Waals surface area contributed by atoms with Crippen LogP contribution in [0.25, 0.3) is 0 Å². The molecule has 9 nitrogen and oxygen atoms in total. The third-order valence-corrected chi connectivity index (χ3v) is 5.30. The normalized spacial score (nSPS) is 14.3. The van der Waals surface area contributed by atoms with Crippen LogP contribution in [0.15, 0.2) is 30.7 Å². The molecule has 0 bridgehead atoms. The molecule has 1 saturated heterocycles. The number of hydrogen-bond donors (Lipinski definition) is 1. The van der Waals surface area contributed by atoms with E-state index in [2.05, 4.69) is 9.97 Å². The van der Waals surface area contributed by atoms with E-state index in [0.29, 0.717) is 44.0 Å². The lowest BCUT2D eigenvalue weighted by atomic mass is 10.1. The van der Waals surface area contributed by atoms with Crippen LogP contribution in [-0.4, -0.2) is 58.6 Å². The second-order valence-corrected chi connectivity index (χ2v) is 7.76. The Morgan fingerprint density at radius 2 is 2.00 bits per heavy atom. The van der Waals surface area contributed by atoms with Crippen molar-refractivity contribution < 1.29 is 23.5 Å². The largest absolute Gasteiger partial charge is 0.451 e. The minimum Gasteiger partial charge on any atom is -0.451 e. The van der Waals surface area contributed by atoms with Crippen LogP contribution in [0.1, 0.15) is 44.0 Å². The van der Waals surface area contributed by atoms with Crippen LogP contribution < -0.4 is 15.4 Å². The third kappa shape index (κ3) is 5.43. The van der Waals surface area contributed by atoms with Crippen molar-refractivity contribution in [1.29, 1.82) is 0 Å². The van der Waals surface area contributed by atoms with Gasteiger partial charge in [0.15, 0.2) is 11.6 Å². The van der Waals surface area contributed by atoms with Crippen molar-refractivity contribution in [3.63, 3.8) is 0 Å². The smallest absolute Gasteiger partial charge is 0.404 e. The number of halogens is 1. The molecule has 2 N–H and O–H groups in total. The van der Waals surface area contributed by atoms with E-state index in [9.17, 15) is 14.0 Å². The zero-order valence-electron chi connectivity index (χ0n) is 18.5. The molecule has 1 aliphatic rings. The number of rotatable bonds is 7. The van der Waals surface area contributed by atoms with Gasteiger partial charge < -0.3 is 25.0 Å². The molecular weight excluding hydrogens is 417 g/mol. The van der Waals surface area contributed by atoms with Gasteiger partial charge in [-0.1, -0.05) is 0 Å². The first-order valence-corrected chi connectivity index (χ1v) is 10.6. The Kier molecular flexibility index (Phi) is 7.45. The maximum atomic E-state index is 14.0. The maximum absolute atomic E-state index is 14.0. The first-order chi connectivity index (χ1) is 15.3. The zero-order valence-corrected chi connectivity index (χ0v) is 18.5. The molecule has 1 aromatic heterocycles. The fourth-order valence-electron chi connectivity index (χ4n) is 3.74. The number of nitrogens with zero attached hydrogens (tertiary/aromatic N) is 4. The molecule has 0 spiro atoms. The Morgan fingerprint density at radius 1 is 1.28 bits per heavy atom. The summed E-state index contributed by atoms with van der Waals surface area (Å²) in [4.78, 5) is 36.1. The van der Waals surface area contributed by atoms with Gasteiger partial charge in [0.2, 0.25) is 0 Å². The molecule has 3 rings (SSSR count). The zero-order chi connectivity index (χ0) is 23.3. The molecule has 172 valence electrons. The highest BCUT2D eigenvalue weighted by Crippen LogP contribution is 2.34. The van der Waals surface area contributed by atoms with Crippen LogP contribution in [0.2, 0.25) is 0 Å². The molecule has 0 unspecified atom stereocenters. The molecule has 10 heteroatoms. The Hall–Kier alpha value is -3.43. The van der Waals surface area contributed by atoms with Crippen LogP contribution in [0.3, 0.4) is 0 Å². The minimum atomic E-state index is -0.787. The molecule has 0 saturated carbocycles. The highest BCUT2D eigenvalue weighted by atomic mass is 19.1. The van der Waals surface area contributed by atoms with E-state index in [1.807, 2.05) is 25.7 Å². The molecule has 1 aliphatic heterocycles. The number of carbonyl (C=O) groups excluding carboxylic acids is 2. The number of aromatic nitrogens is 2. The Morgan fingerprint density at radius 3 is 2.62 bits per heavy atom. The van der Waals surface area contributed by atoms with Gasteiger partial charge in [0.05, 0.1) is 11.8 Å². The van der Waals surface area contributed by atoms with Crippen molar-refractivity contribution in [3.8, 4) is 11.5 Å². The monoisotopic (exact) mass is 445 g/mol. The van der Waals surface area contributed by atoms with E-state index >= 15 is 0 Å². The van der Waals surface area contributed by atoms with E-state index in [1.165, 1.54) is 30.7 Å². The van der Waals surface area contributed by atoms with Crippen LogP contribution in [0, 0.1) is 5.82 Å². The topological polar surface area (TPSA) is 111 Å².